The molecule has 3 rings (SSSR count). The Balaban J connectivity index is 1.52. The van der Waals surface area contributed by atoms with Crippen molar-refractivity contribution >= 4 is 11.8 Å². The van der Waals surface area contributed by atoms with Crippen molar-refractivity contribution in [3.05, 3.63) is 58.3 Å². The molecular weight excluding hydrogens is 372 g/mol. The first-order chi connectivity index (χ1) is 14.0. The fraction of sp³-hybridized carbons (Fsp3) is 0.429. The summed E-state index contributed by atoms with van der Waals surface area (Å²) in [5.41, 5.74) is 1.01. The van der Waals surface area contributed by atoms with Gasteiger partial charge in [0.25, 0.3) is 5.56 Å². The normalized spacial score (nSPS) is 13.0. The van der Waals surface area contributed by atoms with Crippen LogP contribution in [0.4, 0.5) is 0 Å². The fourth-order valence-electron chi connectivity index (χ4n) is 3.24. The molecule has 0 spiro atoms. The average molecular weight is 398 g/mol. The molecule has 2 heterocycles. The van der Waals surface area contributed by atoms with Crippen molar-refractivity contribution in [3.63, 3.8) is 0 Å². The number of hydrogen-bond acceptors (Lipinski definition) is 5. The van der Waals surface area contributed by atoms with Gasteiger partial charge in [-0.3, -0.25) is 19.0 Å². The SMILES string of the molecule is CC(=O)N1CCc2c(ncn(CC(=O)N(C)CCCOc3ccccc3)c2=O)C1. The molecule has 1 aromatic heterocycles. The third kappa shape index (κ3) is 5.22. The quantitative estimate of drug-likeness (QED) is 0.652. The van der Waals surface area contributed by atoms with E-state index in [0.717, 1.165) is 5.75 Å². The molecule has 154 valence electrons. The summed E-state index contributed by atoms with van der Waals surface area (Å²) in [6.07, 6.45) is 2.55. The van der Waals surface area contributed by atoms with Crippen LogP contribution >= 0.6 is 0 Å². The molecule has 0 unspecified atom stereocenters. The molecule has 8 nitrogen and oxygen atoms in total. The smallest absolute Gasteiger partial charge is 0.257 e. The zero-order valence-electron chi connectivity index (χ0n) is 16.8. The molecule has 0 saturated carbocycles. The molecule has 2 amide bonds. The second kappa shape index (κ2) is 9.36. The van der Waals surface area contributed by atoms with Crippen molar-refractivity contribution in [1.29, 1.82) is 0 Å². The summed E-state index contributed by atoms with van der Waals surface area (Å²) in [4.78, 5) is 44.3. The Morgan fingerprint density at radius 1 is 1.24 bits per heavy atom. The fourth-order valence-corrected chi connectivity index (χ4v) is 3.24. The minimum Gasteiger partial charge on any atom is -0.494 e. The predicted molar refractivity (Wildman–Crippen MR) is 107 cm³/mol. The molecule has 1 aromatic carbocycles. The number of benzene rings is 1. The van der Waals surface area contributed by atoms with E-state index in [0.29, 0.717) is 50.3 Å². The number of para-hydroxylation sites is 1. The summed E-state index contributed by atoms with van der Waals surface area (Å²) in [5.74, 6) is 0.612. The van der Waals surface area contributed by atoms with Crippen LogP contribution in [0.2, 0.25) is 0 Å². The summed E-state index contributed by atoms with van der Waals surface area (Å²) in [7, 11) is 1.71. The number of likely N-dealkylation sites (N-methyl/N-ethyl adjacent to an activating group) is 1. The predicted octanol–water partition coefficient (Wildman–Crippen LogP) is 1.08. The molecule has 0 bridgehead atoms. The number of carbonyl (C=O) groups is 2. The molecule has 8 heteroatoms. The Kier molecular flexibility index (Phi) is 6.64. The zero-order valence-corrected chi connectivity index (χ0v) is 16.8. The number of aromatic nitrogens is 2. The lowest BCUT2D eigenvalue weighted by Crippen LogP contribution is -2.41. The number of ether oxygens (including phenoxy) is 1. The molecule has 1 aliphatic rings. The van der Waals surface area contributed by atoms with E-state index < -0.39 is 0 Å². The molecule has 29 heavy (non-hydrogen) atoms. The van der Waals surface area contributed by atoms with Gasteiger partial charge < -0.3 is 14.5 Å². The summed E-state index contributed by atoms with van der Waals surface area (Å²) in [5, 5.41) is 0. The standard InChI is InChI=1S/C21H26N4O4/c1-16(26)24-11-9-18-19(13-24)22-15-25(21(18)28)14-20(27)23(2)10-6-12-29-17-7-4-3-5-8-17/h3-5,7-8,15H,6,9-14H2,1-2H3. The van der Waals surface area contributed by atoms with Crippen LogP contribution in [0.3, 0.4) is 0 Å². The molecule has 0 aliphatic carbocycles. The maximum Gasteiger partial charge on any atom is 0.257 e. The number of hydrogen-bond donors (Lipinski definition) is 0. The molecule has 0 saturated heterocycles. The zero-order chi connectivity index (χ0) is 20.8. The third-order valence-electron chi connectivity index (χ3n) is 5.02. The van der Waals surface area contributed by atoms with Gasteiger partial charge in [-0.05, 0) is 25.0 Å². The van der Waals surface area contributed by atoms with E-state index in [1.807, 2.05) is 30.3 Å². The Morgan fingerprint density at radius 3 is 2.72 bits per heavy atom. The first-order valence-corrected chi connectivity index (χ1v) is 9.70. The van der Waals surface area contributed by atoms with Gasteiger partial charge in [-0.25, -0.2) is 4.98 Å². The largest absolute Gasteiger partial charge is 0.494 e. The van der Waals surface area contributed by atoms with Crippen molar-refractivity contribution in [2.24, 2.45) is 0 Å². The number of rotatable bonds is 7. The number of fused-ring (bicyclic) bond motifs is 1. The maximum absolute atomic E-state index is 12.7. The Labute approximate surface area is 169 Å². The second-order valence-electron chi connectivity index (χ2n) is 7.12. The van der Waals surface area contributed by atoms with Crippen LogP contribution in [0.15, 0.2) is 41.5 Å². The van der Waals surface area contributed by atoms with Gasteiger partial charge >= 0.3 is 0 Å². The average Bonchev–Trinajstić information content (AvgIpc) is 2.73. The van der Waals surface area contributed by atoms with Crippen molar-refractivity contribution < 1.29 is 14.3 Å². The van der Waals surface area contributed by atoms with Crippen LogP contribution in [-0.2, 0) is 29.1 Å². The Hall–Kier alpha value is -3.16. The van der Waals surface area contributed by atoms with Crippen LogP contribution in [0.25, 0.3) is 0 Å². The lowest BCUT2D eigenvalue weighted by Gasteiger charge is -2.27. The summed E-state index contributed by atoms with van der Waals surface area (Å²) < 4.78 is 6.98. The van der Waals surface area contributed by atoms with E-state index in [1.54, 1.807) is 16.8 Å². The van der Waals surface area contributed by atoms with Crippen molar-refractivity contribution in [1.82, 2.24) is 19.4 Å². The van der Waals surface area contributed by atoms with Crippen LogP contribution < -0.4 is 10.3 Å². The minimum atomic E-state index is -0.202. The minimum absolute atomic E-state index is 0.0327. The molecule has 0 fully saturated rings. The van der Waals surface area contributed by atoms with E-state index in [2.05, 4.69) is 4.98 Å². The number of carbonyl (C=O) groups excluding carboxylic acids is 2. The summed E-state index contributed by atoms with van der Waals surface area (Å²) in [6, 6.07) is 9.52. The van der Waals surface area contributed by atoms with Crippen molar-refractivity contribution in [3.8, 4) is 5.75 Å². The van der Waals surface area contributed by atoms with Gasteiger partial charge in [0.05, 0.1) is 25.2 Å². The maximum atomic E-state index is 12.7. The second-order valence-corrected chi connectivity index (χ2v) is 7.12. The van der Waals surface area contributed by atoms with Gasteiger partial charge in [0, 0.05) is 32.6 Å². The highest BCUT2D eigenvalue weighted by Crippen LogP contribution is 2.13. The van der Waals surface area contributed by atoms with E-state index >= 15 is 0 Å². The Morgan fingerprint density at radius 2 is 2.00 bits per heavy atom. The monoisotopic (exact) mass is 398 g/mol. The van der Waals surface area contributed by atoms with Crippen LogP contribution in [-0.4, -0.2) is 57.9 Å². The lowest BCUT2D eigenvalue weighted by molar-refractivity contribution is -0.131. The van der Waals surface area contributed by atoms with E-state index in [4.69, 9.17) is 4.74 Å². The molecule has 0 radical (unpaired) electrons. The summed E-state index contributed by atoms with van der Waals surface area (Å²) in [6.45, 7) is 3.34. The van der Waals surface area contributed by atoms with Crippen LogP contribution in [0.5, 0.6) is 5.75 Å². The topological polar surface area (TPSA) is 84.7 Å². The summed E-state index contributed by atoms with van der Waals surface area (Å²) >= 11 is 0. The first kappa shape index (κ1) is 20.6. The number of nitrogens with zero attached hydrogens (tertiary/aromatic N) is 4. The molecular formula is C21H26N4O4. The van der Waals surface area contributed by atoms with Gasteiger partial charge in [0.1, 0.15) is 12.3 Å². The van der Waals surface area contributed by atoms with Gasteiger partial charge in [-0.1, -0.05) is 18.2 Å². The van der Waals surface area contributed by atoms with Gasteiger partial charge in [0.2, 0.25) is 11.8 Å². The highest BCUT2D eigenvalue weighted by Gasteiger charge is 2.23. The number of amides is 2. The molecule has 2 aromatic rings. The van der Waals surface area contributed by atoms with Gasteiger partial charge in [0.15, 0.2) is 0 Å². The molecule has 1 aliphatic heterocycles. The van der Waals surface area contributed by atoms with E-state index in [1.165, 1.54) is 17.8 Å². The molecule has 0 N–H and O–H groups in total. The highest BCUT2D eigenvalue weighted by atomic mass is 16.5. The van der Waals surface area contributed by atoms with Crippen LogP contribution in [0, 0.1) is 0 Å². The highest BCUT2D eigenvalue weighted by molar-refractivity contribution is 5.75. The third-order valence-corrected chi connectivity index (χ3v) is 5.02. The molecule has 0 atom stereocenters. The lowest BCUT2D eigenvalue weighted by atomic mass is 10.1. The van der Waals surface area contributed by atoms with Crippen LogP contribution in [0.1, 0.15) is 24.6 Å². The van der Waals surface area contributed by atoms with E-state index in [-0.39, 0.29) is 23.9 Å². The van der Waals surface area contributed by atoms with E-state index in [9.17, 15) is 14.4 Å². The Bertz CT molecular complexity index is 926. The van der Waals surface area contributed by atoms with Crippen molar-refractivity contribution in [2.45, 2.75) is 32.9 Å². The first-order valence-electron chi connectivity index (χ1n) is 9.70. The van der Waals surface area contributed by atoms with Gasteiger partial charge in [-0.15, -0.1) is 0 Å². The van der Waals surface area contributed by atoms with Crippen molar-refractivity contribution in [2.75, 3.05) is 26.7 Å². The van der Waals surface area contributed by atoms with Gasteiger partial charge in [-0.2, -0.15) is 0 Å².